The molecule has 0 saturated carbocycles. The normalized spacial score (nSPS) is 10.7. The third-order valence-electron chi connectivity index (χ3n) is 3.32. The van der Waals surface area contributed by atoms with Crippen molar-refractivity contribution in [2.45, 2.75) is 13.8 Å². The highest BCUT2D eigenvalue weighted by molar-refractivity contribution is 6.00. The van der Waals surface area contributed by atoms with Crippen molar-refractivity contribution >= 4 is 17.8 Å². The molecule has 0 spiro atoms. The Labute approximate surface area is 134 Å². The molecule has 0 aliphatic rings. The van der Waals surface area contributed by atoms with E-state index in [1.807, 2.05) is 26.0 Å². The molecule has 0 aromatic heterocycles. The number of esters is 1. The maximum absolute atomic E-state index is 12.8. The second-order valence-corrected chi connectivity index (χ2v) is 5.23. The molecule has 0 bridgehead atoms. The van der Waals surface area contributed by atoms with E-state index in [1.165, 1.54) is 24.3 Å². The van der Waals surface area contributed by atoms with Gasteiger partial charge in [0, 0.05) is 11.6 Å². The highest BCUT2D eigenvalue weighted by Gasteiger charge is 2.11. The molecule has 0 saturated heterocycles. The summed E-state index contributed by atoms with van der Waals surface area (Å²) in [7, 11) is 0. The summed E-state index contributed by atoms with van der Waals surface area (Å²) < 4.78 is 17.7. The number of hydrogen-bond acceptors (Lipinski definition) is 3. The number of ether oxygens (including phenoxy) is 1. The lowest BCUT2D eigenvalue weighted by Gasteiger charge is -2.06. The quantitative estimate of drug-likeness (QED) is 0.478. The van der Waals surface area contributed by atoms with E-state index in [2.05, 4.69) is 0 Å². The molecule has 0 fully saturated rings. The van der Waals surface area contributed by atoms with Crippen LogP contribution in [0.1, 0.15) is 27.0 Å². The fourth-order valence-electron chi connectivity index (χ4n) is 2.04. The number of hydrogen-bond donors (Lipinski definition) is 0. The highest BCUT2D eigenvalue weighted by atomic mass is 19.1. The molecular weight excluding hydrogens is 295 g/mol. The molecule has 0 N–H and O–H groups in total. The van der Waals surface area contributed by atoms with Crippen LogP contribution in [0, 0.1) is 19.7 Å². The van der Waals surface area contributed by atoms with E-state index in [0.717, 1.165) is 11.1 Å². The SMILES string of the molecule is Cc1ccc(C)c(C(=O)COC(=O)/C=C/c2ccc(F)cc2)c1. The average Bonchev–Trinajstić information content (AvgIpc) is 2.54. The molecule has 0 aliphatic carbocycles. The van der Waals surface area contributed by atoms with Gasteiger partial charge in [0.05, 0.1) is 0 Å². The Morgan fingerprint density at radius 3 is 2.48 bits per heavy atom. The highest BCUT2D eigenvalue weighted by Crippen LogP contribution is 2.11. The number of carbonyl (C=O) groups is 2. The molecule has 2 aromatic carbocycles. The minimum absolute atomic E-state index is 0.241. The molecule has 2 rings (SSSR count). The van der Waals surface area contributed by atoms with Crippen LogP contribution in [0.15, 0.2) is 48.5 Å². The molecule has 2 aromatic rings. The number of carbonyl (C=O) groups excluding carboxylic acids is 2. The van der Waals surface area contributed by atoms with Gasteiger partial charge in [0.15, 0.2) is 6.61 Å². The van der Waals surface area contributed by atoms with Crippen LogP contribution in [-0.4, -0.2) is 18.4 Å². The molecule has 118 valence electrons. The van der Waals surface area contributed by atoms with Crippen molar-refractivity contribution in [1.82, 2.24) is 0 Å². The van der Waals surface area contributed by atoms with Crippen LogP contribution in [-0.2, 0) is 9.53 Å². The summed E-state index contributed by atoms with van der Waals surface area (Å²) in [6, 6.07) is 11.2. The fourth-order valence-corrected chi connectivity index (χ4v) is 2.04. The number of Topliss-reactive ketones (excluding diaryl/α,β-unsaturated/α-hetero) is 1. The first kappa shape index (κ1) is 16.6. The predicted octanol–water partition coefficient (Wildman–Crippen LogP) is 3.88. The van der Waals surface area contributed by atoms with Gasteiger partial charge in [0.2, 0.25) is 5.78 Å². The third kappa shape index (κ3) is 4.88. The third-order valence-corrected chi connectivity index (χ3v) is 3.32. The van der Waals surface area contributed by atoms with Crippen LogP contribution in [0.25, 0.3) is 6.08 Å². The molecular formula is C19H17FO3. The zero-order valence-electron chi connectivity index (χ0n) is 13.0. The Bertz CT molecular complexity index is 746. The van der Waals surface area contributed by atoms with E-state index in [0.29, 0.717) is 11.1 Å². The van der Waals surface area contributed by atoms with E-state index in [1.54, 1.807) is 18.2 Å². The van der Waals surface area contributed by atoms with Crippen LogP contribution in [0.4, 0.5) is 4.39 Å². The summed E-state index contributed by atoms with van der Waals surface area (Å²) in [4.78, 5) is 23.7. The molecule has 0 unspecified atom stereocenters. The maximum Gasteiger partial charge on any atom is 0.331 e. The number of ketones is 1. The Morgan fingerprint density at radius 1 is 1.09 bits per heavy atom. The first-order chi connectivity index (χ1) is 11.0. The number of aryl methyl sites for hydroxylation is 2. The standard InChI is InChI=1S/C19H17FO3/c1-13-3-4-14(2)17(11-13)18(21)12-23-19(22)10-7-15-5-8-16(20)9-6-15/h3-11H,12H2,1-2H3/b10-7+. The predicted molar refractivity (Wildman–Crippen MR) is 86.6 cm³/mol. The molecule has 0 radical (unpaired) electrons. The van der Waals surface area contributed by atoms with Gasteiger partial charge in [-0.1, -0.05) is 29.8 Å². The summed E-state index contributed by atoms with van der Waals surface area (Å²) >= 11 is 0. The first-order valence-corrected chi connectivity index (χ1v) is 7.16. The van der Waals surface area contributed by atoms with Gasteiger partial charge in [0.1, 0.15) is 5.82 Å². The lowest BCUT2D eigenvalue weighted by molar-refractivity contribution is -0.136. The Hall–Kier alpha value is -2.75. The van der Waals surface area contributed by atoms with Gasteiger partial charge in [0.25, 0.3) is 0 Å². The van der Waals surface area contributed by atoms with Gasteiger partial charge in [-0.3, -0.25) is 4.79 Å². The van der Waals surface area contributed by atoms with Crippen LogP contribution in [0.3, 0.4) is 0 Å². The molecule has 0 heterocycles. The van der Waals surface area contributed by atoms with Crippen molar-refractivity contribution in [1.29, 1.82) is 0 Å². The van der Waals surface area contributed by atoms with E-state index in [4.69, 9.17) is 4.74 Å². The fraction of sp³-hybridized carbons (Fsp3) is 0.158. The summed E-state index contributed by atoms with van der Waals surface area (Å²) in [6.07, 6.45) is 2.72. The van der Waals surface area contributed by atoms with Gasteiger partial charge in [-0.15, -0.1) is 0 Å². The number of halogens is 1. The summed E-state index contributed by atoms with van der Waals surface area (Å²) in [5.74, 6) is -1.20. The van der Waals surface area contributed by atoms with Crippen LogP contribution >= 0.6 is 0 Å². The van der Waals surface area contributed by atoms with Crippen molar-refractivity contribution < 1.29 is 18.7 Å². The zero-order chi connectivity index (χ0) is 16.8. The van der Waals surface area contributed by atoms with E-state index < -0.39 is 5.97 Å². The summed E-state index contributed by atoms with van der Waals surface area (Å²) in [6.45, 7) is 3.42. The van der Waals surface area contributed by atoms with E-state index in [-0.39, 0.29) is 18.2 Å². The second-order valence-electron chi connectivity index (χ2n) is 5.23. The topological polar surface area (TPSA) is 43.4 Å². The lowest BCUT2D eigenvalue weighted by Crippen LogP contribution is -2.13. The Kier molecular flexibility index (Phi) is 5.41. The monoisotopic (exact) mass is 312 g/mol. The Balaban J connectivity index is 1.92. The second kappa shape index (κ2) is 7.49. The molecule has 0 aliphatic heterocycles. The number of benzene rings is 2. The molecule has 23 heavy (non-hydrogen) atoms. The van der Waals surface area contributed by atoms with Gasteiger partial charge in [-0.25, -0.2) is 9.18 Å². The smallest absolute Gasteiger partial charge is 0.331 e. The van der Waals surface area contributed by atoms with E-state index >= 15 is 0 Å². The average molecular weight is 312 g/mol. The minimum Gasteiger partial charge on any atom is -0.454 e. The molecule has 3 nitrogen and oxygen atoms in total. The largest absolute Gasteiger partial charge is 0.454 e. The molecule has 4 heteroatoms. The van der Waals surface area contributed by atoms with Gasteiger partial charge in [-0.05, 0) is 49.2 Å². The van der Waals surface area contributed by atoms with Crippen LogP contribution in [0.2, 0.25) is 0 Å². The molecule has 0 amide bonds. The number of rotatable bonds is 5. The van der Waals surface area contributed by atoms with Crippen molar-refractivity contribution in [3.63, 3.8) is 0 Å². The first-order valence-electron chi connectivity index (χ1n) is 7.16. The van der Waals surface area contributed by atoms with Gasteiger partial charge in [-0.2, -0.15) is 0 Å². The van der Waals surface area contributed by atoms with Crippen molar-refractivity contribution in [2.24, 2.45) is 0 Å². The lowest BCUT2D eigenvalue weighted by atomic mass is 10.0. The van der Waals surface area contributed by atoms with E-state index in [9.17, 15) is 14.0 Å². The summed E-state index contributed by atoms with van der Waals surface area (Å²) in [5, 5.41) is 0. The van der Waals surface area contributed by atoms with Crippen LogP contribution < -0.4 is 0 Å². The van der Waals surface area contributed by atoms with Crippen molar-refractivity contribution in [3.05, 3.63) is 76.6 Å². The maximum atomic E-state index is 12.8. The zero-order valence-corrected chi connectivity index (χ0v) is 13.0. The molecule has 0 atom stereocenters. The minimum atomic E-state index is -0.618. The van der Waals surface area contributed by atoms with Crippen molar-refractivity contribution in [3.8, 4) is 0 Å². The van der Waals surface area contributed by atoms with Crippen LogP contribution in [0.5, 0.6) is 0 Å². The van der Waals surface area contributed by atoms with Gasteiger partial charge < -0.3 is 4.74 Å². The van der Waals surface area contributed by atoms with Gasteiger partial charge >= 0.3 is 5.97 Å². The van der Waals surface area contributed by atoms with Crippen molar-refractivity contribution in [2.75, 3.05) is 6.61 Å². The summed E-state index contributed by atoms with van der Waals surface area (Å²) in [5.41, 5.74) is 3.05. The Morgan fingerprint density at radius 2 is 1.78 bits per heavy atom.